The maximum absolute atomic E-state index is 13.1. The molecular formula is C21H29N5O4. The molecule has 0 bridgehead atoms. The van der Waals surface area contributed by atoms with Crippen molar-refractivity contribution in [3.63, 3.8) is 0 Å². The molecule has 3 atom stereocenters. The number of fused-ring (bicyclic) bond motifs is 1. The fourth-order valence-corrected chi connectivity index (χ4v) is 4.74. The quantitative estimate of drug-likeness (QED) is 0.761. The van der Waals surface area contributed by atoms with Crippen LogP contribution in [-0.2, 0) is 14.3 Å². The van der Waals surface area contributed by atoms with E-state index in [9.17, 15) is 14.4 Å². The summed E-state index contributed by atoms with van der Waals surface area (Å²) in [5.74, 6) is 0.538. The van der Waals surface area contributed by atoms with Gasteiger partial charge in [-0.15, -0.1) is 0 Å². The first kappa shape index (κ1) is 20.6. The lowest BCUT2D eigenvalue weighted by Gasteiger charge is -2.43. The van der Waals surface area contributed by atoms with Crippen molar-refractivity contribution < 1.29 is 19.1 Å². The number of carbonyl (C=O) groups is 3. The van der Waals surface area contributed by atoms with Crippen molar-refractivity contribution >= 4 is 23.7 Å². The molecule has 30 heavy (non-hydrogen) atoms. The van der Waals surface area contributed by atoms with Crippen LogP contribution in [-0.4, -0.2) is 85.1 Å². The highest BCUT2D eigenvalue weighted by atomic mass is 16.5. The number of urea groups is 1. The van der Waals surface area contributed by atoms with Gasteiger partial charge in [-0.2, -0.15) is 0 Å². The third-order valence-corrected chi connectivity index (χ3v) is 6.42. The zero-order chi connectivity index (χ0) is 21.1. The van der Waals surface area contributed by atoms with Crippen LogP contribution >= 0.6 is 0 Å². The van der Waals surface area contributed by atoms with Gasteiger partial charge in [0.05, 0.1) is 19.1 Å². The lowest BCUT2D eigenvalue weighted by Crippen LogP contribution is -2.62. The summed E-state index contributed by atoms with van der Waals surface area (Å²) < 4.78 is 5.00. The Labute approximate surface area is 176 Å². The number of rotatable bonds is 5. The number of hydrogen-bond acceptors (Lipinski definition) is 6. The summed E-state index contributed by atoms with van der Waals surface area (Å²) in [6.07, 6.45) is 3.61. The van der Waals surface area contributed by atoms with Crippen molar-refractivity contribution in [2.24, 2.45) is 11.8 Å². The van der Waals surface area contributed by atoms with E-state index in [0.717, 1.165) is 18.9 Å². The van der Waals surface area contributed by atoms with Gasteiger partial charge in [-0.1, -0.05) is 6.07 Å². The van der Waals surface area contributed by atoms with E-state index < -0.39 is 0 Å². The molecule has 3 heterocycles. The second-order valence-electron chi connectivity index (χ2n) is 8.16. The maximum atomic E-state index is 13.1. The van der Waals surface area contributed by atoms with E-state index >= 15 is 0 Å². The Bertz CT molecular complexity index is 781. The summed E-state index contributed by atoms with van der Waals surface area (Å²) in [5.41, 5.74) is 0. The van der Waals surface area contributed by atoms with E-state index in [-0.39, 0.29) is 42.3 Å². The zero-order valence-corrected chi connectivity index (χ0v) is 17.3. The van der Waals surface area contributed by atoms with Crippen LogP contribution in [0.2, 0.25) is 0 Å². The predicted octanol–water partition coefficient (Wildman–Crippen LogP) is 0.713. The van der Waals surface area contributed by atoms with Crippen LogP contribution in [0.3, 0.4) is 0 Å². The first-order chi connectivity index (χ1) is 14.6. The summed E-state index contributed by atoms with van der Waals surface area (Å²) in [6.45, 7) is 3.41. The molecule has 162 valence electrons. The smallest absolute Gasteiger partial charge is 0.324 e. The molecule has 3 aliphatic rings. The second-order valence-corrected chi connectivity index (χ2v) is 8.16. The van der Waals surface area contributed by atoms with E-state index in [0.29, 0.717) is 39.0 Å². The van der Waals surface area contributed by atoms with Crippen LogP contribution in [0.5, 0.6) is 0 Å². The molecule has 2 saturated heterocycles. The largest absolute Gasteiger partial charge is 0.383 e. The fraction of sp³-hybridized carbons (Fsp3) is 0.619. The monoisotopic (exact) mass is 415 g/mol. The van der Waals surface area contributed by atoms with Gasteiger partial charge in [-0.05, 0) is 31.4 Å². The van der Waals surface area contributed by atoms with Gasteiger partial charge in [0.15, 0.2) is 0 Å². The van der Waals surface area contributed by atoms with Crippen LogP contribution in [0.25, 0.3) is 0 Å². The Morgan fingerprint density at radius 3 is 2.70 bits per heavy atom. The van der Waals surface area contributed by atoms with Gasteiger partial charge >= 0.3 is 6.03 Å². The van der Waals surface area contributed by atoms with Crippen LogP contribution in [0, 0.1) is 11.8 Å². The molecule has 3 unspecified atom stereocenters. The number of ether oxygens (including phenoxy) is 1. The Balaban J connectivity index is 1.32. The molecule has 9 heteroatoms. The molecule has 1 aliphatic carbocycles. The standard InChI is InChI=1S/C21H29N5O4/c1-30-13-12-26-20(28)16-6-5-15(14-17(16)23-21(26)29)19(27)25-10-8-24(9-11-25)18-4-2-3-7-22-18/h2-4,7,15-17H,5-6,8-14H2,1H3,(H,23,29). The highest BCUT2D eigenvalue weighted by Gasteiger charge is 2.45. The minimum absolute atomic E-state index is 0.137. The topological polar surface area (TPSA) is 95.1 Å². The summed E-state index contributed by atoms with van der Waals surface area (Å²) in [7, 11) is 1.54. The van der Waals surface area contributed by atoms with Crippen molar-refractivity contribution in [3.8, 4) is 0 Å². The molecule has 0 spiro atoms. The number of hydrogen-bond donors (Lipinski definition) is 1. The average Bonchev–Trinajstić information content (AvgIpc) is 2.79. The molecule has 4 amide bonds. The molecule has 1 N–H and O–H groups in total. The van der Waals surface area contributed by atoms with Gasteiger partial charge in [0.1, 0.15) is 5.82 Å². The first-order valence-electron chi connectivity index (χ1n) is 10.6. The lowest BCUT2D eigenvalue weighted by molar-refractivity contribution is -0.143. The van der Waals surface area contributed by atoms with Crippen molar-refractivity contribution in [2.45, 2.75) is 25.3 Å². The highest BCUT2D eigenvalue weighted by molar-refractivity contribution is 5.99. The molecule has 0 aromatic carbocycles. The summed E-state index contributed by atoms with van der Waals surface area (Å²) in [4.78, 5) is 47.9. The molecule has 3 fully saturated rings. The van der Waals surface area contributed by atoms with Crippen molar-refractivity contribution in [1.29, 1.82) is 0 Å². The van der Waals surface area contributed by atoms with Crippen LogP contribution < -0.4 is 10.2 Å². The number of pyridine rings is 1. The van der Waals surface area contributed by atoms with Gasteiger partial charge in [0.2, 0.25) is 11.8 Å². The number of imide groups is 1. The van der Waals surface area contributed by atoms with E-state index in [4.69, 9.17) is 4.74 Å². The third-order valence-electron chi connectivity index (χ3n) is 6.42. The number of carbonyl (C=O) groups excluding carboxylic acids is 3. The Hall–Kier alpha value is -2.68. The van der Waals surface area contributed by atoms with Gasteiger partial charge < -0.3 is 19.9 Å². The minimum atomic E-state index is -0.379. The van der Waals surface area contributed by atoms with Gasteiger partial charge in [-0.3, -0.25) is 14.5 Å². The van der Waals surface area contributed by atoms with E-state index in [1.807, 2.05) is 23.1 Å². The molecular weight excluding hydrogens is 386 g/mol. The van der Waals surface area contributed by atoms with Crippen LogP contribution in [0.1, 0.15) is 19.3 Å². The zero-order valence-electron chi connectivity index (χ0n) is 17.3. The summed E-state index contributed by atoms with van der Waals surface area (Å²) in [5, 5.41) is 2.95. The number of methoxy groups -OCH3 is 1. The number of nitrogens with zero attached hydrogens (tertiary/aromatic N) is 4. The van der Waals surface area contributed by atoms with Crippen LogP contribution in [0.15, 0.2) is 24.4 Å². The number of piperazine rings is 1. The van der Waals surface area contributed by atoms with Crippen molar-refractivity contribution in [3.05, 3.63) is 24.4 Å². The summed E-state index contributed by atoms with van der Waals surface area (Å²) in [6, 6.07) is 5.20. The van der Waals surface area contributed by atoms with E-state index in [1.54, 1.807) is 13.3 Å². The predicted molar refractivity (Wildman–Crippen MR) is 110 cm³/mol. The van der Waals surface area contributed by atoms with Gasteiger partial charge in [-0.25, -0.2) is 9.78 Å². The number of anilines is 1. The van der Waals surface area contributed by atoms with E-state index in [1.165, 1.54) is 4.90 Å². The number of nitrogens with one attached hydrogen (secondary N) is 1. The number of amides is 4. The molecule has 1 aromatic heterocycles. The molecule has 9 nitrogen and oxygen atoms in total. The Kier molecular flexibility index (Phi) is 6.17. The molecule has 1 saturated carbocycles. The van der Waals surface area contributed by atoms with E-state index in [2.05, 4.69) is 15.2 Å². The van der Waals surface area contributed by atoms with Gasteiger partial charge in [0.25, 0.3) is 0 Å². The fourth-order valence-electron chi connectivity index (χ4n) is 4.74. The van der Waals surface area contributed by atoms with Crippen molar-refractivity contribution in [1.82, 2.24) is 20.1 Å². The molecule has 4 rings (SSSR count). The second kappa shape index (κ2) is 8.99. The normalized spacial score (nSPS) is 27.0. The SMILES string of the molecule is COCCN1C(=O)NC2CC(C(=O)N3CCN(c4ccccn4)CC3)CCC2C1=O. The molecule has 0 radical (unpaired) electrons. The first-order valence-corrected chi connectivity index (χ1v) is 10.6. The molecule has 1 aromatic rings. The number of aromatic nitrogens is 1. The highest BCUT2D eigenvalue weighted by Crippen LogP contribution is 2.34. The Morgan fingerprint density at radius 1 is 1.20 bits per heavy atom. The van der Waals surface area contributed by atoms with Crippen molar-refractivity contribution in [2.75, 3.05) is 51.3 Å². The van der Waals surface area contributed by atoms with Crippen LogP contribution in [0.4, 0.5) is 10.6 Å². The minimum Gasteiger partial charge on any atom is -0.383 e. The van der Waals surface area contributed by atoms with Gasteiger partial charge in [0, 0.05) is 51.4 Å². The average molecular weight is 415 g/mol. The lowest BCUT2D eigenvalue weighted by atomic mass is 9.76. The third kappa shape index (κ3) is 4.12. The maximum Gasteiger partial charge on any atom is 0.324 e. The molecule has 2 aliphatic heterocycles. The Morgan fingerprint density at radius 2 is 2.00 bits per heavy atom. The summed E-state index contributed by atoms with van der Waals surface area (Å²) >= 11 is 0.